The predicted octanol–water partition coefficient (Wildman–Crippen LogP) is -1.15. The molecule has 2 N–H and O–H groups in total. The van der Waals surface area contributed by atoms with E-state index in [-0.39, 0.29) is 0 Å². The molecule has 4 nitrogen and oxygen atoms in total. The van der Waals surface area contributed by atoms with E-state index >= 15 is 0 Å². The van der Waals surface area contributed by atoms with E-state index < -0.39 is 7.12 Å². The molecule has 0 aliphatic rings. The van der Waals surface area contributed by atoms with Crippen LogP contribution in [-0.4, -0.2) is 49.3 Å². The average molecular weight is 219 g/mol. The van der Waals surface area contributed by atoms with Crippen LogP contribution in [0, 0.1) is 0 Å². The van der Waals surface area contributed by atoms with Crippen molar-refractivity contribution in [1.82, 2.24) is 4.90 Å². The van der Waals surface area contributed by atoms with Crippen LogP contribution in [-0.2, 0) is 11.1 Å². The van der Waals surface area contributed by atoms with Crippen LogP contribution in [0.5, 0.6) is 0 Å². The monoisotopic (exact) mass is 219 g/mol. The van der Waals surface area contributed by atoms with Gasteiger partial charge in [0, 0.05) is 0 Å². The summed E-state index contributed by atoms with van der Waals surface area (Å²) in [6, 6.07) is 7.12. The second-order valence-electron chi connectivity index (χ2n) is 3.79. The van der Waals surface area contributed by atoms with E-state index in [9.17, 15) is 4.70 Å². The predicted molar refractivity (Wildman–Crippen MR) is 63.9 cm³/mol. The Kier molecular flexibility index (Phi) is 5.38. The molecule has 0 heterocycles. The summed E-state index contributed by atoms with van der Waals surface area (Å²) in [6.45, 7) is 0.805. The Hall–Kier alpha value is -0.970. The van der Waals surface area contributed by atoms with Crippen LogP contribution in [0.15, 0.2) is 24.3 Å². The SMILES string of the molecule is CN(CB=O)CCc1ccc(B(O)O)cc1. The summed E-state index contributed by atoms with van der Waals surface area (Å²) in [6.07, 6.45) is 1.28. The molecular weight excluding hydrogens is 204 g/mol. The number of likely N-dealkylation sites (N-methyl/N-ethyl adjacent to an activating group) is 1. The van der Waals surface area contributed by atoms with Crippen molar-refractivity contribution in [3.63, 3.8) is 0 Å². The van der Waals surface area contributed by atoms with Gasteiger partial charge in [-0.15, -0.1) is 0 Å². The van der Waals surface area contributed by atoms with Gasteiger partial charge >= 0.3 is 95.7 Å². The van der Waals surface area contributed by atoms with Crippen LogP contribution in [0.3, 0.4) is 0 Å². The summed E-state index contributed by atoms with van der Waals surface area (Å²) >= 11 is 0. The molecule has 0 spiro atoms. The Balaban J connectivity index is 2.46. The molecule has 0 atom stereocenters. The number of nitrogens with zero attached hydrogens (tertiary/aromatic N) is 1. The molecule has 0 aliphatic carbocycles. The van der Waals surface area contributed by atoms with E-state index in [4.69, 9.17) is 10.0 Å². The van der Waals surface area contributed by atoms with Crippen molar-refractivity contribution in [3.8, 4) is 0 Å². The van der Waals surface area contributed by atoms with Crippen molar-refractivity contribution >= 4 is 19.7 Å². The summed E-state index contributed by atoms with van der Waals surface area (Å²) in [5.41, 5.74) is 1.60. The summed E-state index contributed by atoms with van der Waals surface area (Å²) in [7, 11) is 1.36. The van der Waals surface area contributed by atoms with Crippen LogP contribution in [0.4, 0.5) is 0 Å². The van der Waals surface area contributed by atoms with Gasteiger partial charge in [-0.1, -0.05) is 0 Å². The molecule has 16 heavy (non-hydrogen) atoms. The molecule has 84 valence electrons. The third-order valence-electron chi connectivity index (χ3n) is 2.45. The van der Waals surface area contributed by atoms with Gasteiger partial charge in [-0.2, -0.15) is 0 Å². The molecule has 1 aromatic carbocycles. The minimum atomic E-state index is -1.41. The van der Waals surface area contributed by atoms with Gasteiger partial charge in [-0.25, -0.2) is 0 Å². The first-order valence-electron chi connectivity index (χ1n) is 5.20. The van der Waals surface area contributed by atoms with Crippen molar-refractivity contribution in [2.45, 2.75) is 6.42 Å². The first-order valence-corrected chi connectivity index (χ1v) is 5.20. The molecule has 6 heteroatoms. The first kappa shape index (κ1) is 13.1. The fourth-order valence-corrected chi connectivity index (χ4v) is 1.39. The van der Waals surface area contributed by atoms with Crippen molar-refractivity contribution < 1.29 is 14.8 Å². The van der Waals surface area contributed by atoms with E-state index in [0.717, 1.165) is 25.7 Å². The zero-order valence-electron chi connectivity index (χ0n) is 9.34. The molecule has 0 aromatic heterocycles. The van der Waals surface area contributed by atoms with Crippen LogP contribution in [0.1, 0.15) is 5.56 Å². The third-order valence-corrected chi connectivity index (χ3v) is 2.45. The van der Waals surface area contributed by atoms with Gasteiger partial charge in [-0.05, 0) is 0 Å². The van der Waals surface area contributed by atoms with Gasteiger partial charge in [-0.3, -0.25) is 0 Å². The van der Waals surface area contributed by atoms with E-state index in [1.54, 1.807) is 12.1 Å². The van der Waals surface area contributed by atoms with Gasteiger partial charge in [0.2, 0.25) is 0 Å². The Morgan fingerprint density at radius 3 is 2.44 bits per heavy atom. The zero-order valence-corrected chi connectivity index (χ0v) is 9.34. The summed E-state index contributed by atoms with van der Waals surface area (Å²) < 4.78 is 10.2. The summed E-state index contributed by atoms with van der Waals surface area (Å²) in [4.78, 5) is 1.93. The maximum atomic E-state index is 10.2. The van der Waals surface area contributed by atoms with E-state index in [2.05, 4.69) is 0 Å². The van der Waals surface area contributed by atoms with Crippen molar-refractivity contribution in [2.24, 2.45) is 0 Å². The molecule has 1 aromatic rings. The molecule has 0 unspecified atom stereocenters. The molecule has 0 aliphatic heterocycles. The number of rotatable bonds is 6. The van der Waals surface area contributed by atoms with Crippen LogP contribution < -0.4 is 5.46 Å². The Morgan fingerprint density at radius 1 is 1.31 bits per heavy atom. The maximum absolute atomic E-state index is 10.2. The molecule has 0 fully saturated rings. The number of hydrogen-bond donors (Lipinski definition) is 2. The molecular formula is C10H15B2NO3. The summed E-state index contributed by atoms with van der Waals surface area (Å²) in [5, 5.41) is 17.8. The third kappa shape index (κ3) is 4.26. The Labute approximate surface area is 96.3 Å². The average Bonchev–Trinajstić information content (AvgIpc) is 2.27. The molecule has 1 rings (SSSR count). The van der Waals surface area contributed by atoms with Crippen LogP contribution in [0.2, 0.25) is 0 Å². The first-order chi connectivity index (χ1) is 7.63. The zero-order chi connectivity index (χ0) is 12.0. The molecule has 0 radical (unpaired) electrons. The van der Waals surface area contributed by atoms with Gasteiger partial charge in [0.05, 0.1) is 0 Å². The fraction of sp³-hybridized carbons (Fsp3) is 0.400. The topological polar surface area (TPSA) is 60.8 Å². The molecule has 0 saturated carbocycles. The fourth-order valence-electron chi connectivity index (χ4n) is 1.39. The van der Waals surface area contributed by atoms with Gasteiger partial charge in [0.1, 0.15) is 0 Å². The normalized spacial score (nSPS) is 10.2. The van der Waals surface area contributed by atoms with Gasteiger partial charge in [0.15, 0.2) is 0 Å². The van der Waals surface area contributed by atoms with Gasteiger partial charge in [0.25, 0.3) is 0 Å². The second kappa shape index (κ2) is 6.58. The van der Waals surface area contributed by atoms with Crippen LogP contribution in [0.25, 0.3) is 0 Å². The van der Waals surface area contributed by atoms with E-state index in [1.807, 2.05) is 24.1 Å². The van der Waals surface area contributed by atoms with Crippen molar-refractivity contribution in [3.05, 3.63) is 29.8 Å². The second-order valence-corrected chi connectivity index (χ2v) is 3.79. The van der Waals surface area contributed by atoms with E-state index in [0.29, 0.717) is 11.9 Å². The van der Waals surface area contributed by atoms with E-state index in [1.165, 1.54) is 0 Å². The molecule has 0 bridgehead atoms. The minimum absolute atomic E-state index is 0.438. The Morgan fingerprint density at radius 2 is 1.94 bits per heavy atom. The summed E-state index contributed by atoms with van der Waals surface area (Å²) in [5.74, 6) is 0. The quantitative estimate of drug-likeness (QED) is 0.593. The molecule has 0 saturated heterocycles. The molecule has 0 amide bonds. The van der Waals surface area contributed by atoms with Crippen LogP contribution >= 0.6 is 0 Å². The Bertz CT molecular complexity index is 329. The van der Waals surface area contributed by atoms with Crippen molar-refractivity contribution in [2.75, 3.05) is 20.0 Å². The van der Waals surface area contributed by atoms with Crippen molar-refractivity contribution in [1.29, 1.82) is 0 Å². The number of hydrogen-bond acceptors (Lipinski definition) is 4. The van der Waals surface area contributed by atoms with Gasteiger partial charge < -0.3 is 0 Å². The number of benzene rings is 1. The standard InChI is InChI=1S/C10H15B2NO3/c1-13(8-11-14)7-6-9-2-4-10(5-3-9)12(15)16/h2-5,15-16H,6-8H2,1H3.